The first kappa shape index (κ1) is 23.1. The van der Waals surface area contributed by atoms with Crippen LogP contribution in [0.1, 0.15) is 27.2 Å². The van der Waals surface area contributed by atoms with Crippen molar-refractivity contribution in [3.8, 4) is 11.5 Å². The van der Waals surface area contributed by atoms with Crippen LogP contribution in [-0.2, 0) is 9.59 Å². The first-order valence-electron chi connectivity index (χ1n) is 10.6. The fraction of sp³-hybridized carbons (Fsp3) is 0.375. The Bertz CT molecular complexity index is 974. The van der Waals surface area contributed by atoms with Gasteiger partial charge in [0.15, 0.2) is 0 Å². The fourth-order valence-electron chi connectivity index (χ4n) is 3.61. The molecule has 2 aromatic rings. The minimum Gasteiger partial charge on any atom is -0.497 e. The van der Waals surface area contributed by atoms with Gasteiger partial charge in [-0.3, -0.25) is 9.59 Å². The van der Waals surface area contributed by atoms with Crippen LogP contribution in [0.5, 0.6) is 11.5 Å². The Morgan fingerprint density at radius 3 is 2.44 bits per heavy atom. The zero-order valence-electron chi connectivity index (χ0n) is 18.8. The van der Waals surface area contributed by atoms with Gasteiger partial charge in [-0.2, -0.15) is 0 Å². The summed E-state index contributed by atoms with van der Waals surface area (Å²) in [5, 5.41) is 2.80. The third kappa shape index (κ3) is 5.19. The summed E-state index contributed by atoms with van der Waals surface area (Å²) >= 11 is 0. The fourth-order valence-corrected chi connectivity index (χ4v) is 3.61. The van der Waals surface area contributed by atoms with E-state index in [-0.39, 0.29) is 18.2 Å². The largest absolute Gasteiger partial charge is 0.497 e. The highest BCUT2D eigenvalue weighted by Gasteiger charge is 2.46. The van der Waals surface area contributed by atoms with Gasteiger partial charge in [-0.1, -0.05) is 19.9 Å². The Hall–Kier alpha value is -3.55. The van der Waals surface area contributed by atoms with Crippen LogP contribution in [0, 0.1) is 5.92 Å². The molecular weight excluding hydrogens is 410 g/mol. The Balaban J connectivity index is 1.78. The first-order valence-corrected chi connectivity index (χ1v) is 10.6. The van der Waals surface area contributed by atoms with E-state index in [4.69, 9.17) is 9.47 Å². The predicted molar refractivity (Wildman–Crippen MR) is 122 cm³/mol. The lowest BCUT2D eigenvalue weighted by Crippen LogP contribution is -2.40. The number of carbonyl (C=O) groups is 3. The molecule has 8 nitrogen and oxygen atoms in total. The molecule has 3 rings (SSSR count). The number of imide groups is 1. The Kier molecular flexibility index (Phi) is 7.35. The second-order valence-electron chi connectivity index (χ2n) is 7.93. The quantitative estimate of drug-likeness (QED) is 0.599. The second-order valence-corrected chi connectivity index (χ2v) is 7.93. The molecule has 32 heavy (non-hydrogen) atoms. The van der Waals surface area contributed by atoms with Crippen LogP contribution in [0.2, 0.25) is 0 Å². The van der Waals surface area contributed by atoms with E-state index in [0.29, 0.717) is 36.0 Å². The highest BCUT2D eigenvalue weighted by atomic mass is 16.5. The molecule has 0 saturated carbocycles. The highest BCUT2D eigenvalue weighted by molar-refractivity contribution is 6.22. The Labute approximate surface area is 188 Å². The van der Waals surface area contributed by atoms with Crippen molar-refractivity contribution in [2.24, 2.45) is 5.92 Å². The van der Waals surface area contributed by atoms with Gasteiger partial charge in [-0.15, -0.1) is 0 Å². The van der Waals surface area contributed by atoms with Crippen LogP contribution in [0.3, 0.4) is 0 Å². The topological polar surface area (TPSA) is 88.2 Å². The average Bonchev–Trinajstić information content (AvgIpc) is 2.99. The normalized spacial score (nSPS) is 16.0. The van der Waals surface area contributed by atoms with Crippen LogP contribution in [0.15, 0.2) is 48.5 Å². The standard InChI is InChI=1S/C24H29N3O5/c1-5-32-19-11-9-17(10-12-19)25-22(28)14-21-23(29)27(24(30)26(21)15-16(2)3)18-7-6-8-20(13-18)31-4/h6-13,16,21H,5,14-15H2,1-4H3,(H,25,28). The minimum absolute atomic E-state index is 0.133. The number of amides is 4. The number of benzene rings is 2. The molecule has 1 unspecified atom stereocenters. The van der Waals surface area contributed by atoms with Gasteiger partial charge in [-0.25, -0.2) is 9.69 Å². The van der Waals surface area contributed by atoms with Crippen molar-refractivity contribution in [2.75, 3.05) is 30.5 Å². The van der Waals surface area contributed by atoms with Gasteiger partial charge in [0.1, 0.15) is 17.5 Å². The SMILES string of the molecule is CCOc1ccc(NC(=O)CC2C(=O)N(c3cccc(OC)c3)C(=O)N2CC(C)C)cc1. The molecule has 1 aliphatic heterocycles. The molecule has 0 aliphatic carbocycles. The zero-order valence-corrected chi connectivity index (χ0v) is 18.8. The average molecular weight is 440 g/mol. The van der Waals surface area contributed by atoms with E-state index in [9.17, 15) is 14.4 Å². The van der Waals surface area contributed by atoms with Crippen LogP contribution in [0.4, 0.5) is 16.2 Å². The number of hydrogen-bond donors (Lipinski definition) is 1. The van der Waals surface area contributed by atoms with E-state index >= 15 is 0 Å². The molecule has 4 amide bonds. The predicted octanol–water partition coefficient (Wildman–Crippen LogP) is 3.92. The monoisotopic (exact) mass is 439 g/mol. The van der Waals surface area contributed by atoms with Crippen LogP contribution in [-0.4, -0.2) is 49.0 Å². The summed E-state index contributed by atoms with van der Waals surface area (Å²) in [7, 11) is 1.52. The lowest BCUT2D eigenvalue weighted by atomic mass is 10.1. The second kappa shape index (κ2) is 10.2. The lowest BCUT2D eigenvalue weighted by molar-refractivity contribution is -0.124. The van der Waals surface area contributed by atoms with E-state index in [1.54, 1.807) is 48.5 Å². The third-order valence-corrected chi connectivity index (χ3v) is 5.02. The van der Waals surface area contributed by atoms with E-state index in [1.807, 2.05) is 20.8 Å². The van der Waals surface area contributed by atoms with Crippen molar-refractivity contribution in [2.45, 2.75) is 33.2 Å². The van der Waals surface area contributed by atoms with Gasteiger partial charge in [0, 0.05) is 18.3 Å². The lowest BCUT2D eigenvalue weighted by Gasteiger charge is -2.23. The van der Waals surface area contributed by atoms with Gasteiger partial charge in [0.2, 0.25) is 5.91 Å². The molecule has 0 radical (unpaired) electrons. The summed E-state index contributed by atoms with van der Waals surface area (Å²) in [4.78, 5) is 41.7. The Morgan fingerprint density at radius 2 is 1.81 bits per heavy atom. The van der Waals surface area contributed by atoms with Crippen molar-refractivity contribution in [3.05, 3.63) is 48.5 Å². The molecule has 170 valence electrons. The number of nitrogens with zero attached hydrogens (tertiary/aromatic N) is 2. The maximum Gasteiger partial charge on any atom is 0.332 e. The molecule has 1 saturated heterocycles. The van der Waals surface area contributed by atoms with Crippen LogP contribution >= 0.6 is 0 Å². The number of anilines is 2. The van der Waals surface area contributed by atoms with E-state index in [0.717, 1.165) is 4.90 Å². The molecule has 1 N–H and O–H groups in total. The first-order chi connectivity index (χ1) is 15.3. The van der Waals surface area contributed by atoms with Crippen LogP contribution < -0.4 is 19.7 Å². The number of hydrogen-bond acceptors (Lipinski definition) is 5. The number of rotatable bonds is 9. The zero-order chi connectivity index (χ0) is 23.3. The van der Waals surface area contributed by atoms with Gasteiger partial charge in [0.05, 0.1) is 25.8 Å². The van der Waals surface area contributed by atoms with Gasteiger partial charge in [0.25, 0.3) is 5.91 Å². The van der Waals surface area contributed by atoms with Crippen molar-refractivity contribution in [3.63, 3.8) is 0 Å². The smallest absolute Gasteiger partial charge is 0.332 e. The van der Waals surface area contributed by atoms with Crippen molar-refractivity contribution < 1.29 is 23.9 Å². The summed E-state index contributed by atoms with van der Waals surface area (Å²) < 4.78 is 10.6. The van der Waals surface area contributed by atoms with Gasteiger partial charge >= 0.3 is 6.03 Å². The molecule has 0 spiro atoms. The number of nitrogens with one attached hydrogen (secondary N) is 1. The molecule has 0 bridgehead atoms. The molecular formula is C24H29N3O5. The molecule has 1 heterocycles. The molecule has 1 aliphatic rings. The van der Waals surface area contributed by atoms with E-state index < -0.39 is 18.0 Å². The van der Waals surface area contributed by atoms with Crippen molar-refractivity contribution >= 4 is 29.2 Å². The number of carbonyl (C=O) groups excluding carboxylic acids is 3. The van der Waals surface area contributed by atoms with Crippen molar-refractivity contribution in [1.29, 1.82) is 0 Å². The van der Waals surface area contributed by atoms with Gasteiger partial charge in [-0.05, 0) is 49.2 Å². The molecule has 2 aromatic carbocycles. The van der Waals surface area contributed by atoms with Crippen molar-refractivity contribution in [1.82, 2.24) is 4.90 Å². The Morgan fingerprint density at radius 1 is 1.09 bits per heavy atom. The van der Waals surface area contributed by atoms with E-state index in [1.165, 1.54) is 12.0 Å². The highest BCUT2D eigenvalue weighted by Crippen LogP contribution is 2.30. The van der Waals surface area contributed by atoms with Gasteiger partial charge < -0.3 is 19.7 Å². The maximum atomic E-state index is 13.2. The molecule has 1 fully saturated rings. The summed E-state index contributed by atoms with van der Waals surface area (Å²) in [6.07, 6.45) is -0.134. The number of urea groups is 1. The van der Waals surface area contributed by atoms with Crippen LogP contribution in [0.25, 0.3) is 0 Å². The molecule has 8 heteroatoms. The van der Waals surface area contributed by atoms with E-state index in [2.05, 4.69) is 5.32 Å². The maximum absolute atomic E-state index is 13.2. The summed E-state index contributed by atoms with van der Waals surface area (Å²) in [5.41, 5.74) is 1.01. The number of ether oxygens (including phenoxy) is 2. The third-order valence-electron chi connectivity index (χ3n) is 5.02. The number of methoxy groups -OCH3 is 1. The summed E-state index contributed by atoms with van der Waals surface area (Å²) in [6, 6.07) is 12.4. The molecule has 1 atom stereocenters. The molecule has 0 aromatic heterocycles. The summed E-state index contributed by atoms with van der Waals surface area (Å²) in [5.74, 6) is 0.607. The summed E-state index contributed by atoms with van der Waals surface area (Å²) in [6.45, 7) is 6.74. The minimum atomic E-state index is -0.876.